The molecule has 38 heavy (non-hydrogen) atoms. The number of carbonyl (C=O) groups is 1. The van der Waals surface area contributed by atoms with Gasteiger partial charge in [-0.3, -0.25) is 4.79 Å². The van der Waals surface area contributed by atoms with Gasteiger partial charge < -0.3 is 20.0 Å². The van der Waals surface area contributed by atoms with Crippen LogP contribution in [-0.4, -0.2) is 41.3 Å². The highest BCUT2D eigenvalue weighted by atomic mass is 16.3. The van der Waals surface area contributed by atoms with E-state index in [0.29, 0.717) is 0 Å². The summed E-state index contributed by atoms with van der Waals surface area (Å²) >= 11 is 0. The average molecular weight is 515 g/mol. The number of benzene rings is 2. The number of carbonyl (C=O) groups excluding carboxylic acids is 1. The van der Waals surface area contributed by atoms with Gasteiger partial charge in [-0.05, 0) is 60.8 Å². The van der Waals surface area contributed by atoms with Crippen molar-refractivity contribution in [2.45, 2.75) is 77.4 Å². The standard InChI is InChI=1S/C33H42N2O3/c1-7-34-21(19-32(3,4)25-13-9-11-15-27(25)34)17-23-29(36)24(31(38)30(23)37)18-22-20-33(5,6)26-14-10-12-16-28(26)35(22)8-2/h9-18,23-24,29-30,36-37H,7-8,19-20H2,1-6H3/b21-17+,22-18+. The van der Waals surface area contributed by atoms with E-state index in [2.05, 4.69) is 93.8 Å². The summed E-state index contributed by atoms with van der Waals surface area (Å²) < 4.78 is 0. The Morgan fingerprint density at radius 3 is 1.71 bits per heavy atom. The average Bonchev–Trinajstić information content (AvgIpc) is 3.07. The minimum Gasteiger partial charge on any atom is -0.391 e. The molecule has 202 valence electrons. The molecular formula is C33H42N2O3. The topological polar surface area (TPSA) is 64.0 Å². The molecule has 0 amide bonds. The maximum Gasteiger partial charge on any atom is 0.171 e. The van der Waals surface area contributed by atoms with E-state index in [1.54, 1.807) is 0 Å². The lowest BCUT2D eigenvalue weighted by molar-refractivity contribution is -0.127. The number of para-hydroxylation sites is 2. The fraction of sp³-hybridized carbons (Fsp3) is 0.485. The van der Waals surface area contributed by atoms with Gasteiger partial charge in [-0.25, -0.2) is 0 Å². The zero-order valence-electron chi connectivity index (χ0n) is 23.6. The molecule has 5 heteroatoms. The number of ketones is 1. The Labute approximate surface area is 227 Å². The molecule has 4 unspecified atom stereocenters. The first-order valence-electron chi connectivity index (χ1n) is 14.1. The van der Waals surface area contributed by atoms with Crippen LogP contribution in [0.2, 0.25) is 0 Å². The number of aliphatic hydroxyl groups is 2. The lowest BCUT2D eigenvalue weighted by Crippen LogP contribution is -2.37. The van der Waals surface area contributed by atoms with E-state index in [0.717, 1.165) is 48.7 Å². The van der Waals surface area contributed by atoms with E-state index in [1.165, 1.54) is 11.1 Å². The summed E-state index contributed by atoms with van der Waals surface area (Å²) in [5, 5.41) is 22.6. The second-order valence-electron chi connectivity index (χ2n) is 12.4. The molecule has 0 aromatic heterocycles. The van der Waals surface area contributed by atoms with Gasteiger partial charge in [0.25, 0.3) is 0 Å². The molecule has 1 fully saturated rings. The van der Waals surface area contributed by atoms with Crippen molar-refractivity contribution in [3.8, 4) is 0 Å². The summed E-state index contributed by atoms with van der Waals surface area (Å²) in [5.74, 6) is -1.68. The van der Waals surface area contributed by atoms with Gasteiger partial charge in [0.1, 0.15) is 6.10 Å². The SMILES string of the molecule is CCN1/C(=C/C2C(=O)C(O)C(/C=C3\CC(C)(C)c4ccccc4N3CC)C2O)CC(C)(C)c2ccccc21. The molecule has 2 N–H and O–H groups in total. The zero-order valence-corrected chi connectivity index (χ0v) is 23.6. The van der Waals surface area contributed by atoms with Crippen LogP contribution in [0, 0.1) is 11.8 Å². The number of aliphatic hydroxyl groups excluding tert-OH is 2. The van der Waals surface area contributed by atoms with Crippen LogP contribution in [0.15, 0.2) is 72.1 Å². The molecule has 5 nitrogen and oxygen atoms in total. The highest BCUT2D eigenvalue weighted by Gasteiger charge is 2.48. The number of rotatable bonds is 4. The van der Waals surface area contributed by atoms with Crippen LogP contribution < -0.4 is 9.80 Å². The van der Waals surface area contributed by atoms with E-state index in [1.807, 2.05) is 18.2 Å². The highest BCUT2D eigenvalue weighted by molar-refractivity contribution is 5.91. The van der Waals surface area contributed by atoms with Gasteiger partial charge in [0.15, 0.2) is 5.78 Å². The number of anilines is 2. The summed E-state index contributed by atoms with van der Waals surface area (Å²) in [4.78, 5) is 17.9. The van der Waals surface area contributed by atoms with Gasteiger partial charge in [-0.1, -0.05) is 76.2 Å². The third-order valence-corrected chi connectivity index (χ3v) is 8.92. The molecule has 0 spiro atoms. The molecule has 2 aromatic carbocycles. The fourth-order valence-electron chi connectivity index (χ4n) is 6.98. The lowest BCUT2D eigenvalue weighted by atomic mass is 9.75. The van der Waals surface area contributed by atoms with Crippen LogP contribution >= 0.6 is 0 Å². The number of allylic oxidation sites excluding steroid dienone is 2. The Morgan fingerprint density at radius 2 is 1.24 bits per heavy atom. The van der Waals surface area contributed by atoms with Crippen molar-refractivity contribution in [1.29, 1.82) is 0 Å². The Morgan fingerprint density at radius 1 is 0.789 bits per heavy atom. The van der Waals surface area contributed by atoms with Crippen LogP contribution in [0.3, 0.4) is 0 Å². The van der Waals surface area contributed by atoms with Gasteiger partial charge in [-0.15, -0.1) is 0 Å². The molecule has 2 aliphatic heterocycles. The van der Waals surface area contributed by atoms with Crippen molar-refractivity contribution in [3.63, 3.8) is 0 Å². The number of nitrogens with zero attached hydrogens (tertiary/aromatic N) is 2. The van der Waals surface area contributed by atoms with E-state index in [-0.39, 0.29) is 16.6 Å². The number of hydrogen-bond donors (Lipinski definition) is 2. The molecule has 5 rings (SSSR count). The number of fused-ring (bicyclic) bond motifs is 2. The van der Waals surface area contributed by atoms with Crippen LogP contribution in [0.25, 0.3) is 0 Å². The van der Waals surface area contributed by atoms with Gasteiger partial charge in [-0.2, -0.15) is 0 Å². The predicted octanol–water partition coefficient (Wildman–Crippen LogP) is 5.71. The zero-order chi connectivity index (χ0) is 27.4. The van der Waals surface area contributed by atoms with Gasteiger partial charge >= 0.3 is 0 Å². The Kier molecular flexibility index (Phi) is 6.81. The number of Topliss-reactive ketones (excluding diaryl/α,β-unsaturated/α-hetero) is 1. The molecule has 0 bridgehead atoms. The maximum atomic E-state index is 13.4. The van der Waals surface area contributed by atoms with Crippen molar-refractivity contribution in [2.24, 2.45) is 11.8 Å². The van der Waals surface area contributed by atoms with Gasteiger partial charge in [0, 0.05) is 41.8 Å². The molecular weight excluding hydrogens is 472 g/mol. The largest absolute Gasteiger partial charge is 0.391 e. The van der Waals surface area contributed by atoms with Crippen LogP contribution in [0.4, 0.5) is 11.4 Å². The fourth-order valence-corrected chi connectivity index (χ4v) is 6.98. The minimum atomic E-state index is -1.22. The van der Waals surface area contributed by atoms with Crippen LogP contribution in [-0.2, 0) is 15.6 Å². The molecule has 1 saturated carbocycles. The second kappa shape index (κ2) is 9.69. The summed E-state index contributed by atoms with van der Waals surface area (Å²) in [6.45, 7) is 14.7. The first-order chi connectivity index (χ1) is 18.0. The molecule has 3 aliphatic rings. The molecule has 2 heterocycles. The third kappa shape index (κ3) is 4.30. The van der Waals surface area contributed by atoms with E-state index < -0.39 is 24.0 Å². The van der Waals surface area contributed by atoms with E-state index in [9.17, 15) is 15.0 Å². The summed E-state index contributed by atoms with van der Waals surface area (Å²) in [6.07, 6.45) is 3.26. The minimum absolute atomic E-state index is 0.0866. The second-order valence-corrected chi connectivity index (χ2v) is 12.4. The molecule has 4 atom stereocenters. The first kappa shape index (κ1) is 26.7. The van der Waals surface area contributed by atoms with Crippen LogP contribution in [0.1, 0.15) is 65.5 Å². The van der Waals surface area contributed by atoms with Crippen molar-refractivity contribution in [1.82, 2.24) is 0 Å². The Hall–Kier alpha value is -2.89. The van der Waals surface area contributed by atoms with Gasteiger partial charge in [0.05, 0.1) is 12.0 Å². The van der Waals surface area contributed by atoms with Gasteiger partial charge in [0.2, 0.25) is 0 Å². The van der Waals surface area contributed by atoms with E-state index in [4.69, 9.17) is 0 Å². The smallest absolute Gasteiger partial charge is 0.171 e. The van der Waals surface area contributed by atoms with Crippen molar-refractivity contribution in [2.75, 3.05) is 22.9 Å². The maximum absolute atomic E-state index is 13.4. The molecule has 0 radical (unpaired) electrons. The normalized spacial score (nSPS) is 30.1. The Balaban J connectivity index is 1.50. The lowest BCUT2D eigenvalue weighted by Gasteiger charge is -2.42. The molecule has 1 aliphatic carbocycles. The highest BCUT2D eigenvalue weighted by Crippen LogP contribution is 2.47. The first-order valence-corrected chi connectivity index (χ1v) is 14.1. The van der Waals surface area contributed by atoms with Crippen molar-refractivity contribution >= 4 is 17.2 Å². The Bertz CT molecular complexity index is 1290. The quantitative estimate of drug-likeness (QED) is 0.548. The van der Waals surface area contributed by atoms with Crippen LogP contribution in [0.5, 0.6) is 0 Å². The third-order valence-electron chi connectivity index (χ3n) is 8.92. The molecule has 0 saturated heterocycles. The molecule has 2 aromatic rings. The van der Waals surface area contributed by atoms with Crippen molar-refractivity contribution in [3.05, 3.63) is 83.2 Å². The monoisotopic (exact) mass is 514 g/mol. The van der Waals surface area contributed by atoms with E-state index >= 15 is 0 Å². The summed E-state index contributed by atoms with van der Waals surface area (Å²) in [6, 6.07) is 16.9. The summed E-state index contributed by atoms with van der Waals surface area (Å²) in [5.41, 5.74) is 6.81. The summed E-state index contributed by atoms with van der Waals surface area (Å²) in [7, 11) is 0. The van der Waals surface area contributed by atoms with Crippen molar-refractivity contribution < 1.29 is 15.0 Å². The predicted molar refractivity (Wildman–Crippen MR) is 154 cm³/mol. The number of hydrogen-bond acceptors (Lipinski definition) is 5.